The van der Waals surface area contributed by atoms with Crippen molar-refractivity contribution >= 4 is 21.1 Å². The van der Waals surface area contributed by atoms with Gasteiger partial charge in [-0.2, -0.15) is 0 Å². The van der Waals surface area contributed by atoms with Crippen LogP contribution in [0.5, 0.6) is 0 Å². The SMILES string of the molecule is C=C(c1ccccc1[SiH3])N(C)CCCC. The van der Waals surface area contributed by atoms with E-state index in [4.69, 9.17) is 0 Å². The Hall–Kier alpha value is -1.02. The number of rotatable bonds is 5. The molecular formula is C13H21NSi. The first-order valence-electron chi connectivity index (χ1n) is 5.63. The molecule has 82 valence electrons. The van der Waals surface area contributed by atoms with Gasteiger partial charge in [-0.25, -0.2) is 0 Å². The van der Waals surface area contributed by atoms with Gasteiger partial charge < -0.3 is 4.90 Å². The zero-order valence-electron chi connectivity index (χ0n) is 10.1. The Morgan fingerprint density at radius 1 is 1.40 bits per heavy atom. The van der Waals surface area contributed by atoms with Crippen LogP contribution < -0.4 is 5.19 Å². The molecule has 1 aromatic carbocycles. The van der Waals surface area contributed by atoms with Gasteiger partial charge in [-0.15, -0.1) is 0 Å². The predicted octanol–water partition coefficient (Wildman–Crippen LogP) is 1.38. The molecule has 0 fully saturated rings. The Kier molecular flexibility index (Phi) is 4.63. The Bertz CT molecular complexity index is 333. The molecule has 0 aliphatic carbocycles. The molecule has 1 nitrogen and oxygen atoms in total. The second kappa shape index (κ2) is 5.76. The van der Waals surface area contributed by atoms with Gasteiger partial charge >= 0.3 is 0 Å². The van der Waals surface area contributed by atoms with Crippen LogP contribution in [0.3, 0.4) is 0 Å². The maximum absolute atomic E-state index is 4.19. The van der Waals surface area contributed by atoms with Gasteiger partial charge in [-0.1, -0.05) is 49.4 Å². The second-order valence-electron chi connectivity index (χ2n) is 4.04. The molecule has 0 N–H and O–H groups in total. The molecular weight excluding hydrogens is 198 g/mol. The van der Waals surface area contributed by atoms with E-state index in [0.29, 0.717) is 0 Å². The molecule has 0 aliphatic heterocycles. The van der Waals surface area contributed by atoms with Crippen molar-refractivity contribution in [3.05, 3.63) is 36.4 Å². The third-order valence-electron chi connectivity index (χ3n) is 2.76. The molecule has 0 amide bonds. The summed E-state index contributed by atoms with van der Waals surface area (Å²) in [4.78, 5) is 2.26. The highest BCUT2D eigenvalue weighted by atomic mass is 28.1. The van der Waals surface area contributed by atoms with Crippen LogP contribution >= 0.6 is 0 Å². The molecule has 0 saturated heterocycles. The standard InChI is InChI=1S/C13H21NSi/c1-4-5-10-14(3)11(2)12-8-6-7-9-13(12)15/h6-9H,2,4-5,10H2,1,3,15H3. The second-order valence-corrected chi connectivity index (χ2v) is 5.11. The zero-order valence-corrected chi connectivity index (χ0v) is 12.1. The summed E-state index contributed by atoms with van der Waals surface area (Å²) in [6, 6.07) is 8.56. The van der Waals surface area contributed by atoms with Gasteiger partial charge in [0.2, 0.25) is 0 Å². The number of hydrogen-bond donors (Lipinski definition) is 0. The number of hydrogen-bond acceptors (Lipinski definition) is 1. The van der Waals surface area contributed by atoms with Gasteiger partial charge in [0.1, 0.15) is 0 Å². The highest BCUT2D eigenvalue weighted by Gasteiger charge is 2.05. The summed E-state index contributed by atoms with van der Waals surface area (Å²) in [5.74, 6) is 0. The van der Waals surface area contributed by atoms with Gasteiger partial charge in [0, 0.05) is 29.5 Å². The highest BCUT2D eigenvalue weighted by molar-refractivity contribution is 6.34. The largest absolute Gasteiger partial charge is 0.375 e. The van der Waals surface area contributed by atoms with Gasteiger partial charge in [0.25, 0.3) is 0 Å². The molecule has 2 heteroatoms. The first-order valence-corrected chi connectivity index (χ1v) is 6.63. The Morgan fingerprint density at radius 2 is 2.07 bits per heavy atom. The molecule has 0 unspecified atom stereocenters. The zero-order chi connectivity index (χ0) is 11.3. The molecule has 0 bridgehead atoms. The van der Waals surface area contributed by atoms with E-state index in [2.05, 4.69) is 49.7 Å². The molecule has 15 heavy (non-hydrogen) atoms. The summed E-state index contributed by atoms with van der Waals surface area (Å²) in [5, 5.41) is 1.44. The lowest BCUT2D eigenvalue weighted by Crippen LogP contribution is -2.21. The summed E-state index contributed by atoms with van der Waals surface area (Å²) in [7, 11) is 3.22. The minimum Gasteiger partial charge on any atom is -0.375 e. The summed E-state index contributed by atoms with van der Waals surface area (Å²) < 4.78 is 0. The van der Waals surface area contributed by atoms with Gasteiger partial charge in [0.15, 0.2) is 0 Å². The summed E-state index contributed by atoms with van der Waals surface area (Å²) >= 11 is 0. The average molecular weight is 219 g/mol. The molecule has 0 aromatic heterocycles. The van der Waals surface area contributed by atoms with Crippen molar-refractivity contribution in [3.63, 3.8) is 0 Å². The molecule has 1 rings (SSSR count). The van der Waals surface area contributed by atoms with Crippen molar-refractivity contribution < 1.29 is 0 Å². The van der Waals surface area contributed by atoms with Gasteiger partial charge in [-0.05, 0) is 12.0 Å². The smallest absolute Gasteiger partial charge is 0.0393 e. The van der Waals surface area contributed by atoms with E-state index in [-0.39, 0.29) is 0 Å². The molecule has 0 saturated carbocycles. The van der Waals surface area contributed by atoms with Crippen LogP contribution in [0.4, 0.5) is 0 Å². The van der Waals surface area contributed by atoms with E-state index in [9.17, 15) is 0 Å². The highest BCUT2D eigenvalue weighted by Crippen LogP contribution is 2.13. The average Bonchev–Trinajstić information content (AvgIpc) is 2.25. The molecule has 0 atom stereocenters. The lowest BCUT2D eigenvalue weighted by Gasteiger charge is -2.22. The van der Waals surface area contributed by atoms with E-state index in [1.807, 2.05) is 0 Å². The van der Waals surface area contributed by atoms with E-state index in [1.54, 1.807) is 0 Å². The van der Waals surface area contributed by atoms with E-state index >= 15 is 0 Å². The van der Waals surface area contributed by atoms with Crippen LogP contribution in [0, 0.1) is 0 Å². The third kappa shape index (κ3) is 3.24. The monoisotopic (exact) mass is 219 g/mol. The molecule has 0 aliphatic rings. The molecule has 0 spiro atoms. The number of nitrogens with zero attached hydrogens (tertiary/aromatic N) is 1. The van der Waals surface area contributed by atoms with Crippen molar-refractivity contribution in [1.29, 1.82) is 0 Å². The molecule has 0 radical (unpaired) electrons. The van der Waals surface area contributed by atoms with Crippen molar-refractivity contribution in [2.45, 2.75) is 19.8 Å². The van der Waals surface area contributed by atoms with Gasteiger partial charge in [-0.3, -0.25) is 0 Å². The maximum Gasteiger partial charge on any atom is 0.0393 e. The topological polar surface area (TPSA) is 3.24 Å². The number of benzene rings is 1. The predicted molar refractivity (Wildman–Crippen MR) is 72.6 cm³/mol. The quantitative estimate of drug-likeness (QED) is 0.676. The van der Waals surface area contributed by atoms with E-state index in [0.717, 1.165) is 22.5 Å². The van der Waals surface area contributed by atoms with E-state index in [1.165, 1.54) is 23.6 Å². The van der Waals surface area contributed by atoms with Crippen LogP contribution in [-0.4, -0.2) is 28.7 Å². The van der Waals surface area contributed by atoms with Crippen LogP contribution in [0.1, 0.15) is 25.3 Å². The van der Waals surface area contributed by atoms with Crippen LogP contribution in [0.25, 0.3) is 5.70 Å². The summed E-state index contributed by atoms with van der Waals surface area (Å²) in [5.41, 5.74) is 2.48. The summed E-state index contributed by atoms with van der Waals surface area (Å²) in [6.07, 6.45) is 2.47. The van der Waals surface area contributed by atoms with Crippen LogP contribution in [-0.2, 0) is 0 Å². The molecule has 1 aromatic rings. The maximum atomic E-state index is 4.19. The van der Waals surface area contributed by atoms with Crippen molar-refractivity contribution in [1.82, 2.24) is 4.90 Å². The fourth-order valence-corrected chi connectivity index (χ4v) is 2.28. The Morgan fingerprint density at radius 3 is 2.67 bits per heavy atom. The van der Waals surface area contributed by atoms with Gasteiger partial charge in [0.05, 0.1) is 0 Å². The first kappa shape index (κ1) is 12.0. The normalized spacial score (nSPS) is 10.3. The fourth-order valence-electron chi connectivity index (χ4n) is 1.63. The fraction of sp³-hybridized carbons (Fsp3) is 0.385. The minimum atomic E-state index is 1.09. The van der Waals surface area contributed by atoms with E-state index < -0.39 is 0 Å². The Balaban J connectivity index is 2.72. The summed E-state index contributed by atoms with van der Waals surface area (Å²) in [6.45, 7) is 7.51. The lowest BCUT2D eigenvalue weighted by molar-refractivity contribution is 0.464. The minimum absolute atomic E-state index is 1.09. The Labute approximate surface area is 96.2 Å². The molecule has 0 heterocycles. The van der Waals surface area contributed by atoms with Crippen LogP contribution in [0.15, 0.2) is 30.8 Å². The third-order valence-corrected chi connectivity index (χ3v) is 3.64. The van der Waals surface area contributed by atoms with Crippen molar-refractivity contribution in [2.75, 3.05) is 13.6 Å². The van der Waals surface area contributed by atoms with Crippen molar-refractivity contribution in [2.24, 2.45) is 0 Å². The number of unbranched alkanes of at least 4 members (excludes halogenated alkanes) is 1. The first-order chi connectivity index (χ1) is 7.16. The van der Waals surface area contributed by atoms with Crippen molar-refractivity contribution in [3.8, 4) is 0 Å². The lowest BCUT2D eigenvalue weighted by atomic mass is 10.1. The van der Waals surface area contributed by atoms with Crippen LogP contribution in [0.2, 0.25) is 0 Å².